The molecule has 0 fully saturated rings. The number of rotatable bonds is 1. The summed E-state index contributed by atoms with van der Waals surface area (Å²) < 4.78 is 28.5. The summed E-state index contributed by atoms with van der Waals surface area (Å²) in [5, 5.41) is 11.7. The lowest BCUT2D eigenvalue weighted by Crippen LogP contribution is -2.16. The number of nitrogens with zero attached hydrogens (tertiary/aromatic N) is 5. The molecule has 150 valence electrons. The van der Waals surface area contributed by atoms with Crippen LogP contribution in [-0.4, -0.2) is 37.8 Å². The van der Waals surface area contributed by atoms with Gasteiger partial charge in [-0.15, -0.1) is 10.2 Å². The molecule has 6 rings (SSSR count). The van der Waals surface area contributed by atoms with E-state index in [4.69, 9.17) is 9.47 Å². The molecule has 4 aromatic rings. The van der Waals surface area contributed by atoms with Crippen LogP contribution in [0.15, 0.2) is 43.2 Å². The van der Waals surface area contributed by atoms with Crippen LogP contribution >= 0.6 is 0 Å². The minimum atomic E-state index is -0.238. The van der Waals surface area contributed by atoms with E-state index in [9.17, 15) is 4.39 Å². The fourth-order valence-corrected chi connectivity index (χ4v) is 4.25. The van der Waals surface area contributed by atoms with Crippen LogP contribution in [-0.2, 0) is 6.54 Å². The summed E-state index contributed by atoms with van der Waals surface area (Å²) in [6, 6.07) is 5.08. The zero-order valence-corrected chi connectivity index (χ0v) is 15.9. The van der Waals surface area contributed by atoms with Crippen molar-refractivity contribution in [3.8, 4) is 22.6 Å². The lowest BCUT2D eigenvalue weighted by atomic mass is 9.92. The fraction of sp³-hybridized carbons (Fsp3) is 0.238. The molecule has 1 N–H and O–H groups in total. The Morgan fingerprint density at radius 3 is 2.93 bits per heavy atom. The molecule has 1 atom stereocenters. The molecule has 0 aliphatic carbocycles. The Morgan fingerprint density at radius 2 is 2.03 bits per heavy atom. The van der Waals surface area contributed by atoms with Gasteiger partial charge in [0.1, 0.15) is 24.2 Å². The molecule has 1 aromatic carbocycles. The van der Waals surface area contributed by atoms with E-state index in [2.05, 4.69) is 25.5 Å². The number of aromatic nitrogens is 5. The summed E-state index contributed by atoms with van der Waals surface area (Å²) in [5.41, 5.74) is 3.82. The number of anilines is 1. The van der Waals surface area contributed by atoms with Gasteiger partial charge in [0.05, 0.1) is 13.2 Å². The van der Waals surface area contributed by atoms with Gasteiger partial charge < -0.3 is 14.8 Å². The summed E-state index contributed by atoms with van der Waals surface area (Å²) in [6.07, 6.45) is 7.27. The highest BCUT2D eigenvalue weighted by Gasteiger charge is 2.30. The van der Waals surface area contributed by atoms with E-state index >= 15 is 0 Å². The van der Waals surface area contributed by atoms with Crippen LogP contribution < -0.4 is 14.8 Å². The Balaban J connectivity index is 1.50. The van der Waals surface area contributed by atoms with Gasteiger partial charge in [0.2, 0.25) is 0 Å². The van der Waals surface area contributed by atoms with Crippen LogP contribution in [0.5, 0.6) is 11.5 Å². The van der Waals surface area contributed by atoms with E-state index < -0.39 is 0 Å². The lowest BCUT2D eigenvalue weighted by molar-refractivity contribution is 0.270. The Bertz CT molecular complexity index is 1260. The van der Waals surface area contributed by atoms with Crippen molar-refractivity contribution < 1.29 is 13.9 Å². The molecule has 9 heteroatoms. The second kappa shape index (κ2) is 6.65. The molecule has 0 bridgehead atoms. The zero-order chi connectivity index (χ0) is 20.1. The molecule has 30 heavy (non-hydrogen) atoms. The van der Waals surface area contributed by atoms with Crippen LogP contribution in [0.4, 0.5) is 10.2 Å². The van der Waals surface area contributed by atoms with Gasteiger partial charge in [-0.2, -0.15) is 0 Å². The number of hydrogen-bond donors (Lipinski definition) is 1. The van der Waals surface area contributed by atoms with E-state index in [1.54, 1.807) is 24.8 Å². The number of fused-ring (bicyclic) bond motifs is 3. The van der Waals surface area contributed by atoms with Gasteiger partial charge in [-0.3, -0.25) is 4.40 Å². The molecule has 0 spiro atoms. The normalized spacial score (nSPS) is 17.4. The van der Waals surface area contributed by atoms with Gasteiger partial charge in [0.25, 0.3) is 0 Å². The third-order valence-corrected chi connectivity index (χ3v) is 5.67. The molecule has 3 aromatic heterocycles. The number of benzene rings is 1. The number of pyridine rings is 1. The van der Waals surface area contributed by atoms with E-state index in [0.29, 0.717) is 42.5 Å². The number of ether oxygens (including phenoxy) is 2. The SMILES string of the molecule is Fc1ccc2c3c1CNc1c(cc(-c4cncnc4)c4nncn14)OCC[C@H]3CO2. The number of halogens is 1. The lowest BCUT2D eigenvalue weighted by Gasteiger charge is -2.21. The monoisotopic (exact) mass is 404 g/mol. The molecule has 2 aliphatic rings. The molecule has 5 heterocycles. The molecule has 0 unspecified atom stereocenters. The van der Waals surface area contributed by atoms with Crippen LogP contribution in [0.25, 0.3) is 16.8 Å². The highest BCUT2D eigenvalue weighted by molar-refractivity contribution is 5.81. The quantitative estimate of drug-likeness (QED) is 0.521. The van der Waals surface area contributed by atoms with Crippen molar-refractivity contribution in [3.05, 3.63) is 60.2 Å². The molecule has 0 radical (unpaired) electrons. The molecular formula is C21H17FN6O2. The fourth-order valence-electron chi connectivity index (χ4n) is 4.25. The maximum atomic E-state index is 14.7. The summed E-state index contributed by atoms with van der Waals surface area (Å²) in [6.45, 7) is 1.31. The first-order valence-electron chi connectivity index (χ1n) is 9.72. The average molecular weight is 404 g/mol. The minimum absolute atomic E-state index is 0.106. The van der Waals surface area contributed by atoms with Crippen molar-refractivity contribution in [2.45, 2.75) is 18.9 Å². The third kappa shape index (κ3) is 2.58. The molecule has 0 saturated heterocycles. The van der Waals surface area contributed by atoms with Crippen molar-refractivity contribution in [3.63, 3.8) is 0 Å². The minimum Gasteiger partial charge on any atom is -0.493 e. The summed E-state index contributed by atoms with van der Waals surface area (Å²) in [4.78, 5) is 8.21. The predicted octanol–water partition coefficient (Wildman–Crippen LogP) is 3.20. The molecule has 2 aliphatic heterocycles. The maximum Gasteiger partial charge on any atom is 0.170 e. The van der Waals surface area contributed by atoms with Gasteiger partial charge >= 0.3 is 0 Å². The van der Waals surface area contributed by atoms with Crippen molar-refractivity contribution >= 4 is 11.5 Å². The van der Waals surface area contributed by atoms with Crippen LogP contribution in [0, 0.1) is 5.82 Å². The second-order valence-electron chi connectivity index (χ2n) is 7.36. The highest BCUT2D eigenvalue weighted by atomic mass is 19.1. The summed E-state index contributed by atoms with van der Waals surface area (Å²) in [5.74, 6) is 1.94. The second-order valence-corrected chi connectivity index (χ2v) is 7.36. The molecular weight excluding hydrogens is 387 g/mol. The van der Waals surface area contributed by atoms with Crippen molar-refractivity contribution in [1.82, 2.24) is 24.6 Å². The maximum absolute atomic E-state index is 14.7. The topological polar surface area (TPSA) is 86.5 Å². The van der Waals surface area contributed by atoms with Gasteiger partial charge in [-0.1, -0.05) is 0 Å². The largest absolute Gasteiger partial charge is 0.493 e. The van der Waals surface area contributed by atoms with Crippen LogP contribution in [0.1, 0.15) is 23.5 Å². The Labute approximate surface area is 170 Å². The smallest absolute Gasteiger partial charge is 0.170 e. The standard InChI is InChI=1S/C21H17FN6O2/c22-16-1-2-17-19-12(9-30-17)3-4-29-18-5-14(13-6-23-10-24-7-13)20-27-26-11-28(20)21(18)25-8-15(16)19/h1-2,5-7,10-12,25H,3-4,8-9H2/t12-/m0/s1. The van der Waals surface area contributed by atoms with Gasteiger partial charge in [0, 0.05) is 47.1 Å². The Kier molecular flexibility index (Phi) is 3.80. The first-order valence-corrected chi connectivity index (χ1v) is 9.72. The first kappa shape index (κ1) is 17.1. The van der Waals surface area contributed by atoms with E-state index in [0.717, 1.165) is 28.9 Å². The Hall–Kier alpha value is -3.75. The average Bonchev–Trinajstić information content (AvgIpc) is 3.42. The van der Waals surface area contributed by atoms with Crippen LogP contribution in [0.3, 0.4) is 0 Å². The summed E-state index contributed by atoms with van der Waals surface area (Å²) in [7, 11) is 0. The van der Waals surface area contributed by atoms with Crippen molar-refractivity contribution in [2.75, 3.05) is 18.5 Å². The Morgan fingerprint density at radius 1 is 1.13 bits per heavy atom. The number of nitrogens with one attached hydrogen (secondary N) is 1. The highest BCUT2D eigenvalue weighted by Crippen LogP contribution is 2.41. The van der Waals surface area contributed by atoms with Crippen molar-refractivity contribution in [2.24, 2.45) is 0 Å². The molecule has 8 nitrogen and oxygen atoms in total. The third-order valence-electron chi connectivity index (χ3n) is 5.67. The zero-order valence-electron chi connectivity index (χ0n) is 15.9. The van der Waals surface area contributed by atoms with Gasteiger partial charge in [-0.05, 0) is 24.6 Å². The predicted molar refractivity (Wildman–Crippen MR) is 106 cm³/mol. The van der Waals surface area contributed by atoms with E-state index in [1.807, 2.05) is 10.5 Å². The van der Waals surface area contributed by atoms with Crippen molar-refractivity contribution in [1.29, 1.82) is 0 Å². The van der Waals surface area contributed by atoms with Gasteiger partial charge in [-0.25, -0.2) is 14.4 Å². The summed E-state index contributed by atoms with van der Waals surface area (Å²) >= 11 is 0. The van der Waals surface area contributed by atoms with Crippen LogP contribution in [0.2, 0.25) is 0 Å². The molecule has 0 amide bonds. The number of hydrogen-bond acceptors (Lipinski definition) is 7. The van der Waals surface area contributed by atoms with E-state index in [-0.39, 0.29) is 11.7 Å². The van der Waals surface area contributed by atoms with E-state index in [1.165, 1.54) is 12.4 Å². The first-order chi connectivity index (χ1) is 14.8. The van der Waals surface area contributed by atoms with Gasteiger partial charge in [0.15, 0.2) is 17.2 Å². The molecule has 0 saturated carbocycles.